The first-order valence-corrected chi connectivity index (χ1v) is 9.22. The van der Waals surface area contributed by atoms with Crippen molar-refractivity contribution in [3.63, 3.8) is 0 Å². The molecule has 4 rings (SSSR count). The van der Waals surface area contributed by atoms with Crippen molar-refractivity contribution in [3.05, 3.63) is 66.1 Å². The molecule has 138 valence electrons. The van der Waals surface area contributed by atoms with Crippen molar-refractivity contribution in [2.45, 2.75) is 40.3 Å². The molecule has 3 heterocycles. The minimum Gasteiger partial charge on any atom is -0.361 e. The van der Waals surface area contributed by atoms with Crippen LogP contribution < -0.4 is 0 Å². The third-order valence-corrected chi connectivity index (χ3v) is 4.79. The average molecular weight is 361 g/mol. The van der Waals surface area contributed by atoms with Gasteiger partial charge in [0.25, 0.3) is 0 Å². The second-order valence-electron chi connectivity index (χ2n) is 6.68. The van der Waals surface area contributed by atoms with Gasteiger partial charge in [0.1, 0.15) is 11.5 Å². The SMILES string of the molecule is CCCn1ccnc1-c1c(-c2ccccc2)ncn1Cc1c(C)noc1C. The fourth-order valence-electron chi connectivity index (χ4n) is 3.39. The quantitative estimate of drug-likeness (QED) is 0.508. The molecule has 0 radical (unpaired) electrons. The van der Waals surface area contributed by atoms with Crippen LogP contribution in [0.2, 0.25) is 0 Å². The van der Waals surface area contributed by atoms with Gasteiger partial charge in [0.15, 0.2) is 5.82 Å². The molecule has 0 saturated carbocycles. The number of benzene rings is 1. The molecule has 0 aliphatic carbocycles. The molecule has 3 aromatic heterocycles. The zero-order valence-electron chi connectivity index (χ0n) is 15.9. The maximum Gasteiger partial charge on any atom is 0.158 e. The molecule has 0 bridgehead atoms. The molecule has 0 saturated heterocycles. The highest BCUT2D eigenvalue weighted by atomic mass is 16.5. The number of imidazole rings is 2. The maximum absolute atomic E-state index is 5.35. The Labute approximate surface area is 158 Å². The Morgan fingerprint density at radius 2 is 1.85 bits per heavy atom. The van der Waals surface area contributed by atoms with Crippen LogP contribution in [0.5, 0.6) is 0 Å². The highest BCUT2D eigenvalue weighted by molar-refractivity contribution is 5.75. The smallest absolute Gasteiger partial charge is 0.158 e. The zero-order chi connectivity index (χ0) is 18.8. The molecule has 0 aliphatic heterocycles. The van der Waals surface area contributed by atoms with Crippen LogP contribution in [0, 0.1) is 13.8 Å². The Hall–Kier alpha value is -3.15. The zero-order valence-corrected chi connectivity index (χ0v) is 15.9. The fraction of sp³-hybridized carbons (Fsp3) is 0.286. The molecule has 0 atom stereocenters. The molecule has 0 unspecified atom stereocenters. The fourth-order valence-corrected chi connectivity index (χ4v) is 3.39. The van der Waals surface area contributed by atoms with Crippen LogP contribution in [0.15, 0.2) is 53.6 Å². The topological polar surface area (TPSA) is 61.7 Å². The summed E-state index contributed by atoms with van der Waals surface area (Å²) in [5.74, 6) is 1.77. The van der Waals surface area contributed by atoms with Crippen molar-refractivity contribution < 1.29 is 4.52 Å². The number of aryl methyl sites for hydroxylation is 3. The van der Waals surface area contributed by atoms with E-state index in [9.17, 15) is 0 Å². The van der Waals surface area contributed by atoms with Crippen molar-refractivity contribution in [2.75, 3.05) is 0 Å². The monoisotopic (exact) mass is 361 g/mol. The average Bonchev–Trinajstić information content (AvgIpc) is 3.38. The molecule has 6 nitrogen and oxygen atoms in total. The molecule has 0 N–H and O–H groups in total. The second kappa shape index (κ2) is 7.23. The molecule has 4 aromatic rings. The van der Waals surface area contributed by atoms with Gasteiger partial charge in [-0.1, -0.05) is 42.4 Å². The Kier molecular flexibility index (Phi) is 4.62. The molecule has 1 aromatic carbocycles. The van der Waals surface area contributed by atoms with Crippen molar-refractivity contribution >= 4 is 0 Å². The number of nitrogens with zero attached hydrogens (tertiary/aromatic N) is 5. The predicted octanol–water partition coefficient (Wildman–Crippen LogP) is 4.48. The predicted molar refractivity (Wildman–Crippen MR) is 104 cm³/mol. The third kappa shape index (κ3) is 3.18. The van der Waals surface area contributed by atoms with Crippen LogP contribution in [0.3, 0.4) is 0 Å². The summed E-state index contributed by atoms with van der Waals surface area (Å²) >= 11 is 0. The maximum atomic E-state index is 5.35. The summed E-state index contributed by atoms with van der Waals surface area (Å²) in [6, 6.07) is 10.2. The van der Waals surface area contributed by atoms with E-state index in [4.69, 9.17) is 9.51 Å². The van der Waals surface area contributed by atoms with Gasteiger partial charge in [0.2, 0.25) is 0 Å². The first-order valence-electron chi connectivity index (χ1n) is 9.22. The molecular formula is C21H23N5O. The molecular weight excluding hydrogens is 338 g/mol. The van der Waals surface area contributed by atoms with Gasteiger partial charge in [-0.05, 0) is 20.3 Å². The van der Waals surface area contributed by atoms with Crippen molar-refractivity contribution in [3.8, 4) is 22.8 Å². The van der Waals surface area contributed by atoms with Gasteiger partial charge in [0, 0.05) is 30.1 Å². The van der Waals surface area contributed by atoms with Crippen LogP contribution in [-0.2, 0) is 13.1 Å². The van der Waals surface area contributed by atoms with E-state index in [1.807, 2.05) is 50.8 Å². The largest absolute Gasteiger partial charge is 0.361 e. The third-order valence-electron chi connectivity index (χ3n) is 4.79. The van der Waals surface area contributed by atoms with Gasteiger partial charge in [-0.25, -0.2) is 9.97 Å². The van der Waals surface area contributed by atoms with E-state index in [0.717, 1.165) is 52.8 Å². The van der Waals surface area contributed by atoms with E-state index < -0.39 is 0 Å². The standard InChI is InChI=1S/C21H23N5O/c1-4-11-25-12-10-22-21(25)20-19(17-8-6-5-7-9-17)23-14-26(20)13-18-15(2)24-27-16(18)3/h5-10,12,14H,4,11,13H2,1-3H3. The molecule has 27 heavy (non-hydrogen) atoms. The summed E-state index contributed by atoms with van der Waals surface area (Å²) in [6.07, 6.45) is 6.81. The minimum atomic E-state index is 0.648. The number of rotatable bonds is 6. The van der Waals surface area contributed by atoms with E-state index in [-0.39, 0.29) is 0 Å². The van der Waals surface area contributed by atoms with Gasteiger partial charge in [0.05, 0.1) is 24.3 Å². The minimum absolute atomic E-state index is 0.648. The van der Waals surface area contributed by atoms with Crippen LogP contribution in [-0.4, -0.2) is 24.3 Å². The van der Waals surface area contributed by atoms with Gasteiger partial charge in [-0.3, -0.25) is 0 Å². The van der Waals surface area contributed by atoms with Gasteiger partial charge >= 0.3 is 0 Å². The normalized spacial score (nSPS) is 11.2. The Morgan fingerprint density at radius 1 is 1.04 bits per heavy atom. The first-order chi connectivity index (χ1) is 13.2. The van der Waals surface area contributed by atoms with E-state index in [0.29, 0.717) is 6.54 Å². The van der Waals surface area contributed by atoms with E-state index >= 15 is 0 Å². The Balaban J connectivity index is 1.87. The lowest BCUT2D eigenvalue weighted by Crippen LogP contribution is -2.07. The summed E-state index contributed by atoms with van der Waals surface area (Å²) in [5, 5.41) is 4.09. The molecule has 0 fully saturated rings. The molecule has 6 heteroatoms. The van der Waals surface area contributed by atoms with Crippen LogP contribution >= 0.6 is 0 Å². The molecule has 0 aliphatic rings. The van der Waals surface area contributed by atoms with Gasteiger partial charge in [-0.15, -0.1) is 0 Å². The van der Waals surface area contributed by atoms with Crippen molar-refractivity contribution in [1.82, 2.24) is 24.3 Å². The van der Waals surface area contributed by atoms with E-state index in [1.165, 1.54) is 0 Å². The van der Waals surface area contributed by atoms with E-state index in [2.05, 4.69) is 38.3 Å². The lowest BCUT2D eigenvalue weighted by Gasteiger charge is -2.12. The summed E-state index contributed by atoms with van der Waals surface area (Å²) in [5.41, 5.74) is 5.02. The van der Waals surface area contributed by atoms with Gasteiger partial charge < -0.3 is 13.7 Å². The molecule has 0 amide bonds. The van der Waals surface area contributed by atoms with Crippen molar-refractivity contribution in [1.29, 1.82) is 0 Å². The lowest BCUT2D eigenvalue weighted by atomic mass is 10.1. The summed E-state index contributed by atoms with van der Waals surface area (Å²) in [4.78, 5) is 9.40. The van der Waals surface area contributed by atoms with Gasteiger partial charge in [-0.2, -0.15) is 0 Å². The summed E-state index contributed by atoms with van der Waals surface area (Å²) in [7, 11) is 0. The number of aromatic nitrogens is 5. The lowest BCUT2D eigenvalue weighted by molar-refractivity contribution is 0.392. The molecule has 0 spiro atoms. The van der Waals surface area contributed by atoms with Crippen LogP contribution in [0.25, 0.3) is 22.8 Å². The van der Waals surface area contributed by atoms with Crippen molar-refractivity contribution in [2.24, 2.45) is 0 Å². The van der Waals surface area contributed by atoms with E-state index in [1.54, 1.807) is 0 Å². The summed E-state index contributed by atoms with van der Waals surface area (Å²) < 4.78 is 9.68. The Morgan fingerprint density at radius 3 is 2.56 bits per heavy atom. The Bertz CT molecular complexity index is 1020. The first kappa shape index (κ1) is 17.3. The number of hydrogen-bond acceptors (Lipinski definition) is 4. The highest BCUT2D eigenvalue weighted by Gasteiger charge is 2.21. The van der Waals surface area contributed by atoms with Crippen LogP contribution in [0.1, 0.15) is 30.4 Å². The summed E-state index contributed by atoms with van der Waals surface area (Å²) in [6.45, 7) is 7.65. The highest BCUT2D eigenvalue weighted by Crippen LogP contribution is 2.31. The van der Waals surface area contributed by atoms with Crippen LogP contribution in [0.4, 0.5) is 0 Å². The number of hydrogen-bond donors (Lipinski definition) is 0. The second-order valence-corrected chi connectivity index (χ2v) is 6.68.